The summed E-state index contributed by atoms with van der Waals surface area (Å²) in [6.45, 7) is 2.07. The van der Waals surface area contributed by atoms with Crippen molar-refractivity contribution in [1.82, 2.24) is 9.97 Å². The number of carbonyl (C=O) groups excluding carboxylic acids is 1. The van der Waals surface area contributed by atoms with Crippen LogP contribution in [0, 0.1) is 0 Å². The zero-order chi connectivity index (χ0) is 13.9. The maximum atomic E-state index is 12.3. The molecule has 0 saturated carbocycles. The van der Waals surface area contributed by atoms with Gasteiger partial charge in [-0.1, -0.05) is 25.1 Å². The molecule has 0 saturated heterocycles. The fourth-order valence-electron chi connectivity index (χ4n) is 2.22. The molecular weight excluding hydrogens is 250 g/mol. The molecule has 1 aromatic heterocycles. The van der Waals surface area contributed by atoms with Crippen LogP contribution in [0.2, 0.25) is 0 Å². The average molecular weight is 265 g/mol. The molecule has 1 amide bonds. The number of nitrogens with zero attached hydrogens (tertiary/aromatic N) is 1. The van der Waals surface area contributed by atoms with E-state index < -0.39 is 0 Å². The number of anilines is 1. The third-order valence-corrected chi connectivity index (χ3v) is 3.33. The molecule has 2 aromatic carbocycles. The standard InChI is InChI=1S/C16H15N3O/c1-2-11-5-3-4-6-13(11)19-16(20)12-7-8-14-15(9-12)18-10-17-14/h3-10H,2H2,1H3,(H,17,18)(H,19,20). The lowest BCUT2D eigenvalue weighted by atomic mass is 10.1. The number of rotatable bonds is 3. The van der Waals surface area contributed by atoms with E-state index in [0.29, 0.717) is 5.56 Å². The van der Waals surface area contributed by atoms with Gasteiger partial charge >= 0.3 is 0 Å². The number of carbonyl (C=O) groups is 1. The fraction of sp³-hybridized carbons (Fsp3) is 0.125. The summed E-state index contributed by atoms with van der Waals surface area (Å²) in [5, 5.41) is 2.96. The molecule has 3 aromatic rings. The van der Waals surface area contributed by atoms with Gasteiger partial charge in [-0.05, 0) is 36.2 Å². The molecule has 100 valence electrons. The van der Waals surface area contributed by atoms with Crippen LogP contribution >= 0.6 is 0 Å². The van der Waals surface area contributed by atoms with E-state index in [1.165, 1.54) is 0 Å². The Morgan fingerprint density at radius 1 is 1.25 bits per heavy atom. The molecule has 4 heteroatoms. The van der Waals surface area contributed by atoms with Crippen LogP contribution in [0.4, 0.5) is 5.69 Å². The lowest BCUT2D eigenvalue weighted by Gasteiger charge is -2.09. The fourth-order valence-corrected chi connectivity index (χ4v) is 2.22. The van der Waals surface area contributed by atoms with Crippen LogP contribution in [-0.4, -0.2) is 15.9 Å². The molecule has 0 atom stereocenters. The van der Waals surface area contributed by atoms with E-state index in [1.807, 2.05) is 36.4 Å². The Bertz CT molecular complexity index is 761. The largest absolute Gasteiger partial charge is 0.345 e. The number of amides is 1. The summed E-state index contributed by atoms with van der Waals surface area (Å²) in [6, 6.07) is 13.3. The number of aromatic nitrogens is 2. The molecule has 20 heavy (non-hydrogen) atoms. The smallest absolute Gasteiger partial charge is 0.255 e. The molecule has 3 rings (SSSR count). The second-order valence-electron chi connectivity index (χ2n) is 4.60. The van der Waals surface area contributed by atoms with Gasteiger partial charge in [-0.3, -0.25) is 4.79 Å². The van der Waals surface area contributed by atoms with E-state index in [4.69, 9.17) is 0 Å². The van der Waals surface area contributed by atoms with Crippen LogP contribution in [0.3, 0.4) is 0 Å². The Labute approximate surface area is 116 Å². The third-order valence-electron chi connectivity index (χ3n) is 3.33. The zero-order valence-corrected chi connectivity index (χ0v) is 11.2. The predicted molar refractivity (Wildman–Crippen MR) is 79.9 cm³/mol. The number of aryl methyl sites for hydroxylation is 1. The van der Waals surface area contributed by atoms with Crippen molar-refractivity contribution in [3.05, 3.63) is 59.9 Å². The molecule has 0 radical (unpaired) electrons. The SMILES string of the molecule is CCc1ccccc1NC(=O)c1ccc2nc[nH]c2c1. The number of benzene rings is 2. The molecular formula is C16H15N3O. The van der Waals surface area contributed by atoms with Crippen LogP contribution in [0.25, 0.3) is 11.0 Å². The lowest BCUT2D eigenvalue weighted by molar-refractivity contribution is 0.102. The maximum absolute atomic E-state index is 12.3. The minimum Gasteiger partial charge on any atom is -0.345 e. The van der Waals surface area contributed by atoms with Gasteiger partial charge in [-0.2, -0.15) is 0 Å². The number of aromatic amines is 1. The number of para-hydroxylation sites is 1. The normalized spacial score (nSPS) is 10.7. The molecule has 0 unspecified atom stereocenters. The van der Waals surface area contributed by atoms with Crippen molar-refractivity contribution in [2.75, 3.05) is 5.32 Å². The number of nitrogens with one attached hydrogen (secondary N) is 2. The van der Waals surface area contributed by atoms with E-state index in [1.54, 1.807) is 12.4 Å². The third kappa shape index (κ3) is 2.28. The van der Waals surface area contributed by atoms with Gasteiger partial charge in [0, 0.05) is 11.3 Å². The van der Waals surface area contributed by atoms with Crippen molar-refractivity contribution in [3.63, 3.8) is 0 Å². The van der Waals surface area contributed by atoms with Crippen molar-refractivity contribution < 1.29 is 4.79 Å². The van der Waals surface area contributed by atoms with Gasteiger partial charge in [0.1, 0.15) is 0 Å². The molecule has 1 heterocycles. The van der Waals surface area contributed by atoms with Crippen LogP contribution in [0.15, 0.2) is 48.8 Å². The van der Waals surface area contributed by atoms with Gasteiger partial charge in [0.25, 0.3) is 5.91 Å². The number of hydrogen-bond donors (Lipinski definition) is 2. The summed E-state index contributed by atoms with van der Waals surface area (Å²) in [6.07, 6.45) is 2.51. The first-order valence-corrected chi connectivity index (χ1v) is 6.60. The number of H-pyrrole nitrogens is 1. The number of imidazole rings is 1. The first-order chi connectivity index (χ1) is 9.78. The van der Waals surface area contributed by atoms with Gasteiger partial charge in [0.05, 0.1) is 17.4 Å². The average Bonchev–Trinajstić information content (AvgIpc) is 2.95. The van der Waals surface area contributed by atoms with Crippen LogP contribution in [0.1, 0.15) is 22.8 Å². The Balaban J connectivity index is 1.88. The highest BCUT2D eigenvalue weighted by atomic mass is 16.1. The Hall–Kier alpha value is -2.62. The van der Waals surface area contributed by atoms with Gasteiger partial charge in [0.2, 0.25) is 0 Å². The van der Waals surface area contributed by atoms with Gasteiger partial charge in [-0.15, -0.1) is 0 Å². The molecule has 0 spiro atoms. The summed E-state index contributed by atoms with van der Waals surface area (Å²) >= 11 is 0. The molecule has 2 N–H and O–H groups in total. The minimum absolute atomic E-state index is 0.109. The quantitative estimate of drug-likeness (QED) is 0.762. The summed E-state index contributed by atoms with van der Waals surface area (Å²) < 4.78 is 0. The van der Waals surface area contributed by atoms with Gasteiger partial charge in [-0.25, -0.2) is 4.98 Å². The molecule has 0 fully saturated rings. The van der Waals surface area contributed by atoms with Crippen LogP contribution in [-0.2, 0) is 6.42 Å². The molecule has 0 bridgehead atoms. The van der Waals surface area contributed by atoms with E-state index in [-0.39, 0.29) is 5.91 Å². The van der Waals surface area contributed by atoms with Gasteiger partial charge < -0.3 is 10.3 Å². The van der Waals surface area contributed by atoms with Crippen molar-refractivity contribution in [1.29, 1.82) is 0 Å². The first-order valence-electron chi connectivity index (χ1n) is 6.60. The van der Waals surface area contributed by atoms with E-state index in [9.17, 15) is 4.79 Å². The maximum Gasteiger partial charge on any atom is 0.255 e. The minimum atomic E-state index is -0.109. The summed E-state index contributed by atoms with van der Waals surface area (Å²) in [5.41, 5.74) is 4.33. The second kappa shape index (κ2) is 5.17. The zero-order valence-electron chi connectivity index (χ0n) is 11.2. The Kier molecular flexibility index (Phi) is 3.21. The van der Waals surface area contributed by atoms with E-state index >= 15 is 0 Å². The van der Waals surface area contributed by atoms with E-state index in [0.717, 1.165) is 28.7 Å². The molecule has 4 nitrogen and oxygen atoms in total. The summed E-state index contributed by atoms with van der Waals surface area (Å²) in [5.74, 6) is -0.109. The van der Waals surface area contributed by atoms with Crippen molar-refractivity contribution in [2.45, 2.75) is 13.3 Å². The number of hydrogen-bond acceptors (Lipinski definition) is 2. The molecule has 0 aliphatic rings. The number of fused-ring (bicyclic) bond motifs is 1. The lowest BCUT2D eigenvalue weighted by Crippen LogP contribution is -2.13. The highest BCUT2D eigenvalue weighted by molar-refractivity contribution is 6.06. The Morgan fingerprint density at radius 2 is 2.10 bits per heavy atom. The van der Waals surface area contributed by atoms with E-state index in [2.05, 4.69) is 22.2 Å². The van der Waals surface area contributed by atoms with Crippen LogP contribution < -0.4 is 5.32 Å². The highest BCUT2D eigenvalue weighted by Gasteiger charge is 2.09. The predicted octanol–water partition coefficient (Wildman–Crippen LogP) is 3.38. The monoisotopic (exact) mass is 265 g/mol. The highest BCUT2D eigenvalue weighted by Crippen LogP contribution is 2.18. The summed E-state index contributed by atoms with van der Waals surface area (Å²) in [7, 11) is 0. The van der Waals surface area contributed by atoms with Gasteiger partial charge in [0.15, 0.2) is 0 Å². The van der Waals surface area contributed by atoms with Crippen LogP contribution in [0.5, 0.6) is 0 Å². The molecule has 0 aliphatic carbocycles. The molecule has 0 aliphatic heterocycles. The van der Waals surface area contributed by atoms with Crippen molar-refractivity contribution >= 4 is 22.6 Å². The van der Waals surface area contributed by atoms with Crippen molar-refractivity contribution in [2.24, 2.45) is 0 Å². The second-order valence-corrected chi connectivity index (χ2v) is 4.60. The topological polar surface area (TPSA) is 57.8 Å². The van der Waals surface area contributed by atoms with Crippen molar-refractivity contribution in [3.8, 4) is 0 Å². The summed E-state index contributed by atoms with van der Waals surface area (Å²) in [4.78, 5) is 19.5. The Morgan fingerprint density at radius 3 is 2.95 bits per heavy atom. The first kappa shape index (κ1) is 12.4.